The van der Waals surface area contributed by atoms with E-state index in [9.17, 15) is 0 Å². The molecule has 0 aliphatic carbocycles. The van der Waals surface area contributed by atoms with E-state index in [1.54, 1.807) is 0 Å². The third-order valence-corrected chi connectivity index (χ3v) is 12.8. The summed E-state index contributed by atoms with van der Waals surface area (Å²) >= 11 is -0.379. The molecule has 0 amide bonds. The number of hydrogen-bond donors (Lipinski definition) is 1. The molecule has 2 heterocycles. The molecule has 8 aromatic carbocycles. The summed E-state index contributed by atoms with van der Waals surface area (Å²) < 4.78 is 7.90. The Kier molecular flexibility index (Phi) is 7.93. The minimum absolute atomic E-state index is 0.0147. The standard InChI is InChI=1S/C49H33AsN2O/c1-4-15-33(16-5-1)40-22-12-23-41-45-42(24-13-25-44(45)53-46(40)41)49-51-47(35-19-8-3-9-20-35)50-48(52-49)38-28-29-39(43(31-38)34-17-6-2-7-18-34)37-27-26-32-14-10-11-21-36(32)30-37/h1-31,48H,(H,51,52). The minimum atomic E-state index is -0.379. The van der Waals surface area contributed by atoms with E-state index in [0.29, 0.717) is 0 Å². The van der Waals surface area contributed by atoms with Gasteiger partial charge in [0.05, 0.1) is 0 Å². The van der Waals surface area contributed by atoms with Crippen molar-refractivity contribution in [1.82, 2.24) is 5.32 Å². The second-order valence-electron chi connectivity index (χ2n) is 13.4. The maximum absolute atomic E-state index is 6.66. The number of benzene rings is 8. The predicted molar refractivity (Wildman–Crippen MR) is 223 cm³/mol. The van der Waals surface area contributed by atoms with E-state index in [1.165, 1.54) is 48.6 Å². The van der Waals surface area contributed by atoms with Gasteiger partial charge in [-0.3, -0.25) is 0 Å². The predicted octanol–water partition coefficient (Wildman–Crippen LogP) is 11.7. The topological polar surface area (TPSA) is 37.5 Å². The molecule has 1 unspecified atom stereocenters. The van der Waals surface area contributed by atoms with Crippen LogP contribution in [0.2, 0.25) is 0 Å². The molecule has 0 radical (unpaired) electrons. The Labute approximate surface area is 314 Å². The summed E-state index contributed by atoms with van der Waals surface area (Å²) in [6.45, 7) is 0. The normalized spacial score (nSPS) is 14.5. The van der Waals surface area contributed by atoms with E-state index in [1.807, 2.05) is 6.07 Å². The number of hydrogen-bond acceptors (Lipinski definition) is 3. The van der Waals surface area contributed by atoms with Crippen LogP contribution in [0.3, 0.4) is 0 Å². The van der Waals surface area contributed by atoms with Crippen LogP contribution in [0.5, 0.6) is 0 Å². The van der Waals surface area contributed by atoms with Gasteiger partial charge in [-0.1, -0.05) is 0 Å². The molecule has 1 aliphatic heterocycles. The molecule has 250 valence electrons. The summed E-state index contributed by atoms with van der Waals surface area (Å²) in [5.41, 5.74) is 12.3. The molecule has 9 aromatic rings. The molecule has 1 N–H and O–H groups in total. The fraction of sp³-hybridized carbons (Fsp3) is 0.0204. The molecule has 1 atom stereocenters. The average Bonchev–Trinajstić information content (AvgIpc) is 3.63. The number of fused-ring (bicyclic) bond motifs is 4. The van der Waals surface area contributed by atoms with Gasteiger partial charge in [-0.15, -0.1) is 0 Å². The Morgan fingerprint density at radius 1 is 0.472 bits per heavy atom. The first-order valence-electron chi connectivity index (χ1n) is 17.9. The molecule has 53 heavy (non-hydrogen) atoms. The fourth-order valence-electron chi connectivity index (χ4n) is 7.56. The summed E-state index contributed by atoms with van der Waals surface area (Å²) in [5, 5.41) is 8.50. The van der Waals surface area contributed by atoms with Crippen LogP contribution in [0, 0.1) is 0 Å². The molecule has 0 fully saturated rings. The maximum atomic E-state index is 6.66. The van der Waals surface area contributed by atoms with Gasteiger partial charge in [0.1, 0.15) is 0 Å². The van der Waals surface area contributed by atoms with Crippen LogP contribution in [-0.2, 0) is 0 Å². The molecular formula is C49H33AsN2O. The number of nitrogens with zero attached hydrogens (tertiary/aromatic N) is 1. The van der Waals surface area contributed by atoms with Crippen molar-refractivity contribution in [3.63, 3.8) is 0 Å². The fourth-order valence-corrected chi connectivity index (χ4v) is 10.1. The van der Waals surface area contributed by atoms with Gasteiger partial charge >= 0.3 is 316 Å². The van der Waals surface area contributed by atoms with Gasteiger partial charge in [-0.25, -0.2) is 0 Å². The van der Waals surface area contributed by atoms with Gasteiger partial charge in [0.2, 0.25) is 0 Å². The van der Waals surface area contributed by atoms with Crippen LogP contribution in [-0.4, -0.2) is 25.6 Å². The summed E-state index contributed by atoms with van der Waals surface area (Å²) in [5.74, 6) is 0.869. The third-order valence-electron chi connectivity index (χ3n) is 10.1. The summed E-state index contributed by atoms with van der Waals surface area (Å²) in [6.07, 6.45) is 0. The zero-order valence-electron chi connectivity index (χ0n) is 28.8. The number of furan rings is 1. The molecule has 10 rings (SSSR count). The van der Waals surface area contributed by atoms with Crippen molar-refractivity contribution < 1.29 is 4.42 Å². The van der Waals surface area contributed by atoms with Gasteiger partial charge < -0.3 is 0 Å². The molecule has 0 saturated carbocycles. The van der Waals surface area contributed by atoms with Gasteiger partial charge in [0.15, 0.2) is 0 Å². The Morgan fingerprint density at radius 2 is 1.13 bits per heavy atom. The van der Waals surface area contributed by atoms with E-state index in [2.05, 4.69) is 187 Å². The van der Waals surface area contributed by atoms with Crippen LogP contribution < -0.4 is 5.32 Å². The van der Waals surface area contributed by atoms with Crippen molar-refractivity contribution in [2.24, 2.45) is 4.99 Å². The van der Waals surface area contributed by atoms with Crippen LogP contribution in [0.1, 0.15) is 21.5 Å². The van der Waals surface area contributed by atoms with Crippen LogP contribution in [0.4, 0.5) is 0 Å². The molecule has 3 nitrogen and oxygen atoms in total. The van der Waals surface area contributed by atoms with Crippen LogP contribution >= 0.6 is 0 Å². The van der Waals surface area contributed by atoms with Gasteiger partial charge in [0, 0.05) is 0 Å². The molecule has 1 aromatic heterocycles. The first kappa shape index (κ1) is 31.5. The zero-order valence-corrected chi connectivity index (χ0v) is 30.7. The molecule has 1 aliphatic rings. The van der Waals surface area contributed by atoms with Crippen molar-refractivity contribution in [2.45, 2.75) is 4.83 Å². The van der Waals surface area contributed by atoms with Gasteiger partial charge in [0.25, 0.3) is 0 Å². The quantitative estimate of drug-likeness (QED) is 0.172. The van der Waals surface area contributed by atoms with E-state index in [0.717, 1.165) is 44.5 Å². The number of rotatable bonds is 6. The Balaban J connectivity index is 1.15. The SMILES string of the molecule is c1ccc(C2=[As]C(c3ccc(-c4ccc5ccccc5c4)c(-c4ccccc4)c3)N=C(c3cccc4oc5c(-c6ccccc6)cccc5c34)N2)cc1. The first-order chi connectivity index (χ1) is 26.3. The third kappa shape index (κ3) is 5.80. The second-order valence-corrected chi connectivity index (χ2v) is 15.9. The van der Waals surface area contributed by atoms with E-state index >= 15 is 0 Å². The van der Waals surface area contributed by atoms with Gasteiger partial charge in [-0.05, 0) is 0 Å². The van der Waals surface area contributed by atoms with Crippen molar-refractivity contribution in [3.8, 4) is 33.4 Å². The molecular weight excluding hydrogens is 707 g/mol. The van der Waals surface area contributed by atoms with E-state index < -0.39 is 0 Å². The van der Waals surface area contributed by atoms with Gasteiger partial charge in [-0.2, -0.15) is 0 Å². The van der Waals surface area contributed by atoms with Crippen molar-refractivity contribution >= 4 is 58.3 Å². The van der Waals surface area contributed by atoms with Crippen LogP contribution in [0.25, 0.3) is 66.1 Å². The van der Waals surface area contributed by atoms with E-state index in [-0.39, 0.29) is 20.1 Å². The Morgan fingerprint density at radius 3 is 1.91 bits per heavy atom. The second kappa shape index (κ2) is 13.4. The molecule has 0 saturated heterocycles. The number of amidine groups is 1. The molecule has 0 bridgehead atoms. The number of para-hydroxylation sites is 1. The summed E-state index contributed by atoms with van der Waals surface area (Å²) in [7, 11) is 0. The molecule has 4 heteroatoms. The Hall–Kier alpha value is -6.28. The monoisotopic (exact) mass is 740 g/mol. The summed E-state index contributed by atoms with van der Waals surface area (Å²) in [4.78, 5) is 5.56. The average molecular weight is 741 g/mol. The van der Waals surface area contributed by atoms with Crippen LogP contribution in [0.15, 0.2) is 197 Å². The molecule has 0 spiro atoms. The van der Waals surface area contributed by atoms with E-state index in [4.69, 9.17) is 9.41 Å². The number of nitrogens with one attached hydrogen (secondary N) is 1. The number of aliphatic imine (C=N–C) groups is 1. The van der Waals surface area contributed by atoms with Crippen molar-refractivity contribution in [2.75, 3.05) is 0 Å². The zero-order chi connectivity index (χ0) is 35.1. The van der Waals surface area contributed by atoms with Crippen molar-refractivity contribution in [3.05, 3.63) is 205 Å². The Bertz CT molecular complexity index is 2860. The van der Waals surface area contributed by atoms with Crippen molar-refractivity contribution in [1.29, 1.82) is 0 Å². The summed E-state index contributed by atoms with van der Waals surface area (Å²) in [6, 6.07) is 67.1. The first-order valence-corrected chi connectivity index (χ1v) is 20.0.